The van der Waals surface area contributed by atoms with Crippen LogP contribution in [0, 0.1) is 13.8 Å². The molecule has 1 atom stereocenters. The molecule has 2 aromatic heterocycles. The Hall–Kier alpha value is -2.17. The van der Waals surface area contributed by atoms with Gasteiger partial charge >= 0.3 is 0 Å². The van der Waals surface area contributed by atoms with E-state index in [0.717, 1.165) is 37.2 Å². The van der Waals surface area contributed by atoms with Crippen molar-refractivity contribution in [3.8, 4) is 0 Å². The average molecular weight is 340 g/mol. The molecule has 134 valence electrons. The first kappa shape index (κ1) is 17.6. The summed E-state index contributed by atoms with van der Waals surface area (Å²) >= 11 is 0. The lowest BCUT2D eigenvalue weighted by Crippen LogP contribution is -2.35. The van der Waals surface area contributed by atoms with Crippen LogP contribution in [-0.4, -0.2) is 32.1 Å². The van der Waals surface area contributed by atoms with Gasteiger partial charge in [0.05, 0.1) is 11.7 Å². The molecule has 5 nitrogen and oxygen atoms in total. The van der Waals surface area contributed by atoms with Gasteiger partial charge in [-0.05, 0) is 56.4 Å². The van der Waals surface area contributed by atoms with E-state index in [0.29, 0.717) is 6.42 Å². The molecule has 1 saturated heterocycles. The van der Waals surface area contributed by atoms with E-state index >= 15 is 0 Å². The number of hydrogen-bond acceptors (Lipinski definition) is 3. The second-order valence-electron chi connectivity index (χ2n) is 7.01. The first-order chi connectivity index (χ1) is 12.1. The molecular weight excluding hydrogens is 312 g/mol. The summed E-state index contributed by atoms with van der Waals surface area (Å²) in [6, 6.07) is 4.28. The second kappa shape index (κ2) is 7.81. The van der Waals surface area contributed by atoms with Crippen LogP contribution in [0.2, 0.25) is 0 Å². The lowest BCUT2D eigenvalue weighted by Gasteiger charge is -2.30. The molecule has 2 aromatic rings. The average Bonchev–Trinajstić information content (AvgIpc) is 2.81. The fourth-order valence-electron chi connectivity index (χ4n) is 3.89. The zero-order valence-electron chi connectivity index (χ0n) is 15.5. The predicted molar refractivity (Wildman–Crippen MR) is 98.2 cm³/mol. The molecular formula is C20H28N4O. The second-order valence-corrected chi connectivity index (χ2v) is 7.01. The summed E-state index contributed by atoms with van der Waals surface area (Å²) in [5, 5.41) is 4.46. The van der Waals surface area contributed by atoms with Gasteiger partial charge in [0.2, 0.25) is 5.91 Å². The Morgan fingerprint density at radius 3 is 2.64 bits per heavy atom. The van der Waals surface area contributed by atoms with E-state index in [1.54, 1.807) is 0 Å². The molecule has 3 rings (SSSR count). The van der Waals surface area contributed by atoms with E-state index in [1.807, 2.05) is 43.2 Å². The standard InChI is InChI=1S/C20H28N4O/c1-15-18(16(2)23(3)22-15)8-9-20(25)24-14-6-4-5-7-19(24)17-10-12-21-13-11-17/h10-13,19H,4-9,14H2,1-3H3/t19-/m1/s1. The van der Waals surface area contributed by atoms with Crippen molar-refractivity contribution in [3.63, 3.8) is 0 Å². The van der Waals surface area contributed by atoms with Gasteiger partial charge in [-0.3, -0.25) is 14.5 Å². The highest BCUT2D eigenvalue weighted by molar-refractivity contribution is 5.77. The normalized spacial score (nSPS) is 18.2. The summed E-state index contributed by atoms with van der Waals surface area (Å²) in [7, 11) is 1.96. The Bertz CT molecular complexity index is 723. The SMILES string of the molecule is Cc1nn(C)c(C)c1CCC(=O)N1CCCCC[C@@H]1c1ccncc1. The van der Waals surface area contributed by atoms with Crippen LogP contribution in [-0.2, 0) is 18.3 Å². The van der Waals surface area contributed by atoms with Crippen molar-refractivity contribution in [2.24, 2.45) is 7.05 Å². The number of aromatic nitrogens is 3. The molecule has 0 unspecified atom stereocenters. The molecule has 0 radical (unpaired) electrons. The number of carbonyl (C=O) groups excluding carboxylic acids is 1. The van der Waals surface area contributed by atoms with E-state index in [1.165, 1.54) is 24.0 Å². The van der Waals surface area contributed by atoms with Crippen LogP contribution in [0.1, 0.15) is 60.7 Å². The number of aryl methyl sites for hydroxylation is 2. The summed E-state index contributed by atoms with van der Waals surface area (Å²) < 4.78 is 1.90. The number of nitrogens with zero attached hydrogens (tertiary/aromatic N) is 4. The molecule has 0 bridgehead atoms. The highest BCUT2D eigenvalue weighted by atomic mass is 16.2. The topological polar surface area (TPSA) is 51.0 Å². The molecule has 1 amide bonds. The summed E-state index contributed by atoms with van der Waals surface area (Å²) in [6.45, 7) is 4.96. The molecule has 25 heavy (non-hydrogen) atoms. The largest absolute Gasteiger partial charge is 0.336 e. The van der Waals surface area contributed by atoms with Crippen molar-refractivity contribution in [1.82, 2.24) is 19.7 Å². The molecule has 0 saturated carbocycles. The number of hydrogen-bond donors (Lipinski definition) is 0. The van der Waals surface area contributed by atoms with Gasteiger partial charge in [0.1, 0.15) is 0 Å². The number of pyridine rings is 1. The predicted octanol–water partition coefficient (Wildman–Crippen LogP) is 3.51. The van der Waals surface area contributed by atoms with Crippen molar-refractivity contribution >= 4 is 5.91 Å². The van der Waals surface area contributed by atoms with E-state index < -0.39 is 0 Å². The van der Waals surface area contributed by atoms with Gasteiger partial charge in [0.15, 0.2) is 0 Å². The molecule has 1 fully saturated rings. The van der Waals surface area contributed by atoms with Gasteiger partial charge in [0, 0.05) is 38.1 Å². The Morgan fingerprint density at radius 1 is 1.20 bits per heavy atom. The number of rotatable bonds is 4. The van der Waals surface area contributed by atoms with Crippen LogP contribution in [0.4, 0.5) is 0 Å². The monoisotopic (exact) mass is 340 g/mol. The maximum absolute atomic E-state index is 13.0. The number of likely N-dealkylation sites (tertiary alicyclic amines) is 1. The number of carbonyl (C=O) groups is 1. The molecule has 0 aromatic carbocycles. The molecule has 5 heteroatoms. The van der Waals surface area contributed by atoms with Gasteiger partial charge in [-0.15, -0.1) is 0 Å². The minimum absolute atomic E-state index is 0.189. The number of amides is 1. The maximum Gasteiger partial charge on any atom is 0.223 e. The van der Waals surface area contributed by atoms with Gasteiger partial charge < -0.3 is 4.90 Å². The quantitative estimate of drug-likeness (QED) is 0.856. The van der Waals surface area contributed by atoms with Crippen molar-refractivity contribution in [1.29, 1.82) is 0 Å². The van der Waals surface area contributed by atoms with E-state index in [2.05, 4.69) is 21.9 Å². The fraction of sp³-hybridized carbons (Fsp3) is 0.550. The van der Waals surface area contributed by atoms with Crippen molar-refractivity contribution in [2.75, 3.05) is 6.54 Å². The van der Waals surface area contributed by atoms with Crippen LogP contribution in [0.15, 0.2) is 24.5 Å². The van der Waals surface area contributed by atoms with Gasteiger partial charge in [-0.2, -0.15) is 5.10 Å². The van der Waals surface area contributed by atoms with Crippen molar-refractivity contribution in [2.45, 2.75) is 58.4 Å². The summed E-state index contributed by atoms with van der Waals surface area (Å²) in [5.41, 5.74) is 4.62. The fourth-order valence-corrected chi connectivity index (χ4v) is 3.89. The van der Waals surface area contributed by atoms with Gasteiger partial charge in [-0.1, -0.05) is 12.8 Å². The van der Waals surface area contributed by atoms with E-state index in [-0.39, 0.29) is 11.9 Å². The van der Waals surface area contributed by atoms with Crippen molar-refractivity contribution < 1.29 is 4.79 Å². The van der Waals surface area contributed by atoms with Crippen LogP contribution in [0.3, 0.4) is 0 Å². The maximum atomic E-state index is 13.0. The minimum Gasteiger partial charge on any atom is -0.336 e. The van der Waals surface area contributed by atoms with Crippen LogP contribution in [0.5, 0.6) is 0 Å². The van der Waals surface area contributed by atoms with Crippen molar-refractivity contribution in [3.05, 3.63) is 47.0 Å². The minimum atomic E-state index is 0.189. The molecule has 1 aliphatic rings. The summed E-state index contributed by atoms with van der Waals surface area (Å²) in [5.74, 6) is 0.256. The highest BCUT2D eigenvalue weighted by Crippen LogP contribution is 2.30. The third kappa shape index (κ3) is 3.91. The zero-order valence-corrected chi connectivity index (χ0v) is 15.5. The van der Waals surface area contributed by atoms with Crippen LogP contribution in [0.25, 0.3) is 0 Å². The molecule has 3 heterocycles. The van der Waals surface area contributed by atoms with E-state index in [4.69, 9.17) is 0 Å². The zero-order chi connectivity index (χ0) is 17.8. The highest BCUT2D eigenvalue weighted by Gasteiger charge is 2.26. The molecule has 0 spiro atoms. The first-order valence-corrected chi connectivity index (χ1v) is 9.26. The lowest BCUT2D eigenvalue weighted by molar-refractivity contribution is -0.133. The van der Waals surface area contributed by atoms with Crippen LogP contribution >= 0.6 is 0 Å². The lowest BCUT2D eigenvalue weighted by atomic mass is 10.0. The third-order valence-electron chi connectivity index (χ3n) is 5.41. The van der Waals surface area contributed by atoms with Crippen LogP contribution < -0.4 is 0 Å². The Morgan fingerprint density at radius 2 is 1.96 bits per heavy atom. The molecule has 0 N–H and O–H groups in total. The Kier molecular flexibility index (Phi) is 5.51. The molecule has 1 aliphatic heterocycles. The first-order valence-electron chi connectivity index (χ1n) is 9.26. The van der Waals surface area contributed by atoms with Gasteiger partial charge in [-0.25, -0.2) is 0 Å². The molecule has 0 aliphatic carbocycles. The van der Waals surface area contributed by atoms with E-state index in [9.17, 15) is 4.79 Å². The summed E-state index contributed by atoms with van der Waals surface area (Å²) in [6.07, 6.45) is 9.48. The smallest absolute Gasteiger partial charge is 0.223 e. The summed E-state index contributed by atoms with van der Waals surface area (Å²) in [4.78, 5) is 19.2. The van der Waals surface area contributed by atoms with Gasteiger partial charge in [0.25, 0.3) is 0 Å². The Balaban J connectivity index is 1.74. The third-order valence-corrected chi connectivity index (χ3v) is 5.41. The Labute approximate surface area is 150 Å².